The number of nitrogens with one attached hydrogen (secondary N) is 1. The minimum atomic E-state index is -3.74. The maximum atomic E-state index is 12.4. The molecule has 108 valence electrons. The molecule has 0 spiro atoms. The molecule has 0 aliphatic rings. The van der Waals surface area contributed by atoms with Gasteiger partial charge in [0.05, 0.1) is 21.2 Å². The standard InChI is InChI=1S/C15H13ClN2O2S/c1-2-11-5-3-4-6-15(11)18-21(19,20)13-8-7-12(10-17)14(16)9-13/h3-9,18H,2H2,1H3. The van der Waals surface area contributed by atoms with Crippen molar-refractivity contribution < 1.29 is 8.42 Å². The summed E-state index contributed by atoms with van der Waals surface area (Å²) < 4.78 is 27.3. The van der Waals surface area contributed by atoms with Crippen molar-refractivity contribution in [2.24, 2.45) is 0 Å². The van der Waals surface area contributed by atoms with Crippen LogP contribution in [0.4, 0.5) is 5.69 Å². The monoisotopic (exact) mass is 320 g/mol. The van der Waals surface area contributed by atoms with E-state index in [9.17, 15) is 8.42 Å². The third-order valence-corrected chi connectivity index (χ3v) is 4.69. The molecule has 1 N–H and O–H groups in total. The lowest BCUT2D eigenvalue weighted by Gasteiger charge is -2.12. The molecule has 0 aliphatic heterocycles. The Morgan fingerprint density at radius 1 is 1.24 bits per heavy atom. The number of anilines is 1. The van der Waals surface area contributed by atoms with Crippen LogP contribution in [0.3, 0.4) is 0 Å². The summed E-state index contributed by atoms with van der Waals surface area (Å²) in [5, 5.41) is 8.93. The first-order chi connectivity index (χ1) is 9.97. The summed E-state index contributed by atoms with van der Waals surface area (Å²) >= 11 is 5.88. The first-order valence-corrected chi connectivity index (χ1v) is 8.14. The molecule has 0 radical (unpaired) electrons. The molecule has 0 atom stereocenters. The highest BCUT2D eigenvalue weighted by molar-refractivity contribution is 7.92. The minimum absolute atomic E-state index is 0.0254. The molecule has 0 fully saturated rings. The van der Waals surface area contributed by atoms with E-state index in [1.165, 1.54) is 18.2 Å². The number of hydrogen-bond acceptors (Lipinski definition) is 3. The molecule has 0 saturated heterocycles. The van der Waals surface area contributed by atoms with Crippen LogP contribution in [0, 0.1) is 11.3 Å². The number of benzene rings is 2. The molecule has 6 heteroatoms. The fourth-order valence-corrected chi connectivity index (χ4v) is 3.30. The van der Waals surface area contributed by atoms with E-state index in [1.54, 1.807) is 12.1 Å². The molecule has 0 amide bonds. The number of sulfonamides is 1. The number of rotatable bonds is 4. The largest absolute Gasteiger partial charge is 0.279 e. The Hall–Kier alpha value is -2.03. The Bertz CT molecular complexity index is 811. The second kappa shape index (κ2) is 6.17. The van der Waals surface area contributed by atoms with Gasteiger partial charge in [-0.25, -0.2) is 8.42 Å². The van der Waals surface area contributed by atoms with Crippen molar-refractivity contribution in [3.8, 4) is 6.07 Å². The molecule has 0 bridgehead atoms. The molecule has 0 unspecified atom stereocenters. The van der Waals surface area contributed by atoms with Crippen LogP contribution in [0.1, 0.15) is 18.1 Å². The number of para-hydroxylation sites is 1. The van der Waals surface area contributed by atoms with Gasteiger partial charge in [-0.2, -0.15) is 5.26 Å². The molecular formula is C15H13ClN2O2S. The summed E-state index contributed by atoms with van der Waals surface area (Å²) in [5.41, 5.74) is 1.69. The average Bonchev–Trinajstić information content (AvgIpc) is 2.47. The van der Waals surface area contributed by atoms with E-state index in [2.05, 4.69) is 4.72 Å². The van der Waals surface area contributed by atoms with Crippen LogP contribution in [-0.2, 0) is 16.4 Å². The minimum Gasteiger partial charge on any atom is -0.279 e. The van der Waals surface area contributed by atoms with Gasteiger partial charge in [0.2, 0.25) is 0 Å². The molecular weight excluding hydrogens is 308 g/mol. The maximum absolute atomic E-state index is 12.4. The molecule has 2 aromatic rings. The van der Waals surface area contributed by atoms with Crippen LogP contribution in [0.5, 0.6) is 0 Å². The van der Waals surface area contributed by atoms with Crippen LogP contribution >= 0.6 is 11.6 Å². The molecule has 21 heavy (non-hydrogen) atoms. The van der Waals surface area contributed by atoms with Crippen molar-refractivity contribution in [1.29, 1.82) is 5.26 Å². The predicted octanol–water partition coefficient (Wildman–Crippen LogP) is 3.57. The Balaban J connectivity index is 2.39. The molecule has 4 nitrogen and oxygen atoms in total. The SMILES string of the molecule is CCc1ccccc1NS(=O)(=O)c1ccc(C#N)c(Cl)c1. The highest BCUT2D eigenvalue weighted by Crippen LogP contribution is 2.24. The highest BCUT2D eigenvalue weighted by atomic mass is 35.5. The third-order valence-electron chi connectivity index (χ3n) is 3.01. The quantitative estimate of drug-likeness (QED) is 0.936. The number of hydrogen-bond donors (Lipinski definition) is 1. The molecule has 2 aromatic carbocycles. The lowest BCUT2D eigenvalue weighted by molar-refractivity contribution is 0.601. The van der Waals surface area contributed by atoms with Crippen molar-refractivity contribution in [3.63, 3.8) is 0 Å². The van der Waals surface area contributed by atoms with Gasteiger partial charge in [-0.15, -0.1) is 0 Å². The molecule has 2 rings (SSSR count). The van der Waals surface area contributed by atoms with E-state index >= 15 is 0 Å². The Morgan fingerprint density at radius 2 is 1.95 bits per heavy atom. The fourth-order valence-electron chi connectivity index (χ4n) is 1.89. The van der Waals surface area contributed by atoms with Gasteiger partial charge in [0, 0.05) is 0 Å². The maximum Gasteiger partial charge on any atom is 0.261 e. The van der Waals surface area contributed by atoms with E-state index in [4.69, 9.17) is 16.9 Å². The van der Waals surface area contributed by atoms with E-state index in [0.29, 0.717) is 12.1 Å². The van der Waals surface area contributed by atoms with Crippen LogP contribution in [0.2, 0.25) is 5.02 Å². The topological polar surface area (TPSA) is 70.0 Å². The van der Waals surface area contributed by atoms with Crippen molar-refractivity contribution >= 4 is 27.3 Å². The van der Waals surface area contributed by atoms with Gasteiger partial charge in [0.1, 0.15) is 6.07 Å². The van der Waals surface area contributed by atoms with Crippen molar-refractivity contribution in [3.05, 3.63) is 58.6 Å². The van der Waals surface area contributed by atoms with Crippen LogP contribution in [0.25, 0.3) is 0 Å². The third kappa shape index (κ3) is 3.35. The van der Waals surface area contributed by atoms with E-state index in [-0.39, 0.29) is 15.5 Å². The highest BCUT2D eigenvalue weighted by Gasteiger charge is 2.17. The predicted molar refractivity (Wildman–Crippen MR) is 82.8 cm³/mol. The van der Waals surface area contributed by atoms with Gasteiger partial charge in [-0.1, -0.05) is 36.7 Å². The summed E-state index contributed by atoms with van der Waals surface area (Å²) in [6.45, 7) is 1.95. The lowest BCUT2D eigenvalue weighted by atomic mass is 10.1. The van der Waals surface area contributed by atoms with Crippen molar-refractivity contribution in [2.75, 3.05) is 4.72 Å². The molecule has 0 aromatic heterocycles. The van der Waals surface area contributed by atoms with Gasteiger partial charge >= 0.3 is 0 Å². The zero-order valence-electron chi connectivity index (χ0n) is 11.3. The summed E-state index contributed by atoms with van der Waals surface area (Å²) in [4.78, 5) is 0.0254. The van der Waals surface area contributed by atoms with Crippen molar-refractivity contribution in [2.45, 2.75) is 18.2 Å². The number of halogens is 1. The van der Waals surface area contributed by atoms with Crippen LogP contribution < -0.4 is 4.72 Å². The Labute approximate surface area is 129 Å². The molecule has 0 saturated carbocycles. The second-order valence-corrected chi connectivity index (χ2v) is 6.46. The average molecular weight is 321 g/mol. The number of nitriles is 1. The summed E-state index contributed by atoms with van der Waals surface area (Å²) in [5.74, 6) is 0. The molecule has 0 heterocycles. The normalized spacial score (nSPS) is 10.9. The second-order valence-electron chi connectivity index (χ2n) is 4.37. The van der Waals surface area contributed by atoms with Crippen LogP contribution in [0.15, 0.2) is 47.4 Å². The van der Waals surface area contributed by atoms with Crippen molar-refractivity contribution in [1.82, 2.24) is 0 Å². The first kappa shape index (κ1) is 15.4. The number of nitrogens with zero attached hydrogens (tertiary/aromatic N) is 1. The number of aryl methyl sites for hydroxylation is 1. The zero-order chi connectivity index (χ0) is 15.5. The Kier molecular flexibility index (Phi) is 4.51. The summed E-state index contributed by atoms with van der Waals surface area (Å²) in [6.07, 6.45) is 0.715. The van der Waals surface area contributed by atoms with Gasteiger partial charge < -0.3 is 0 Å². The van der Waals surface area contributed by atoms with E-state index < -0.39 is 10.0 Å². The van der Waals surface area contributed by atoms with Gasteiger partial charge in [0.15, 0.2) is 0 Å². The lowest BCUT2D eigenvalue weighted by Crippen LogP contribution is -2.14. The summed E-state index contributed by atoms with van der Waals surface area (Å²) in [7, 11) is -3.74. The van der Waals surface area contributed by atoms with E-state index in [0.717, 1.165) is 5.56 Å². The Morgan fingerprint density at radius 3 is 2.57 bits per heavy atom. The van der Waals surface area contributed by atoms with Crippen LogP contribution in [-0.4, -0.2) is 8.42 Å². The van der Waals surface area contributed by atoms with Gasteiger partial charge in [-0.05, 0) is 36.2 Å². The van der Waals surface area contributed by atoms with Gasteiger partial charge in [-0.3, -0.25) is 4.72 Å². The van der Waals surface area contributed by atoms with Gasteiger partial charge in [0.25, 0.3) is 10.0 Å². The summed E-state index contributed by atoms with van der Waals surface area (Å²) in [6, 6.07) is 13.1. The fraction of sp³-hybridized carbons (Fsp3) is 0.133. The smallest absolute Gasteiger partial charge is 0.261 e. The molecule has 0 aliphatic carbocycles. The van der Waals surface area contributed by atoms with E-state index in [1.807, 2.05) is 25.1 Å². The zero-order valence-corrected chi connectivity index (χ0v) is 12.9. The first-order valence-electron chi connectivity index (χ1n) is 6.28.